The molecule has 416 valence electrons. The van der Waals surface area contributed by atoms with Crippen LogP contribution in [0.1, 0.15) is 18.7 Å². The van der Waals surface area contributed by atoms with Crippen molar-refractivity contribution in [3.63, 3.8) is 0 Å². The average Bonchev–Trinajstić information content (AvgIpc) is 4.21. The highest BCUT2D eigenvalue weighted by molar-refractivity contribution is 7.71. The number of aromatic amines is 2. The average molecular weight is 1160 g/mol. The summed E-state index contributed by atoms with van der Waals surface area (Å²) in [4.78, 5) is 98.7. The Morgan fingerprint density at radius 1 is 0.737 bits per heavy atom. The summed E-state index contributed by atoms with van der Waals surface area (Å²) in [5.41, 5.74) is 13.9. The third kappa shape index (κ3) is 10.7. The number of anilines is 3. The Morgan fingerprint density at radius 2 is 1.38 bits per heavy atom. The fourth-order valence-electron chi connectivity index (χ4n) is 9.03. The number of imidazole rings is 3. The van der Waals surface area contributed by atoms with Gasteiger partial charge in [-0.3, -0.25) is 46.9 Å². The molecule has 42 heteroatoms. The fourth-order valence-corrected chi connectivity index (χ4v) is 14.8. The van der Waals surface area contributed by atoms with Crippen LogP contribution in [0.4, 0.5) is 17.7 Å². The lowest BCUT2D eigenvalue weighted by atomic mass is 9.99. The van der Waals surface area contributed by atoms with Gasteiger partial charge < -0.3 is 80.3 Å². The molecule has 9 rings (SSSR count). The molecule has 16 atom stereocenters. The molecule has 6 aromatic heterocycles. The van der Waals surface area contributed by atoms with E-state index in [0.29, 0.717) is 0 Å². The van der Waals surface area contributed by atoms with Crippen LogP contribution in [0.15, 0.2) is 34.9 Å². The number of hydrogen-bond donors (Lipinski definition) is 13. The first kappa shape index (κ1) is 55.6. The van der Waals surface area contributed by atoms with Crippen LogP contribution in [0.3, 0.4) is 0 Å². The van der Waals surface area contributed by atoms with Crippen LogP contribution >= 0.6 is 30.9 Å². The number of aliphatic hydroxyl groups is 3. The maximum atomic E-state index is 14.4. The van der Waals surface area contributed by atoms with E-state index in [1.807, 2.05) is 0 Å². The molecule has 0 radical (unpaired) electrons. The maximum Gasteiger partial charge on any atom is 0.480 e. The number of ether oxygens (including phenoxy) is 5. The number of methoxy groups -OCH3 is 2. The van der Waals surface area contributed by atoms with E-state index in [1.165, 1.54) is 39.0 Å². The van der Waals surface area contributed by atoms with Crippen LogP contribution in [0.5, 0.6) is 0 Å². The molecule has 3 fully saturated rings. The smallest absolute Gasteiger partial charge is 0.387 e. The molecule has 0 amide bonds. The SMILES string of the molecule is COC[C@H]1[C@@H](O)[C@H]([n+]2cn(C)c3c(=O)[nH]c(N)nc32)O[C@@H]1COP(=O)(O)OP(=O)(O)NP(=O)(O)OCC1O[C@@H](n2cnc3c(N)ncnc32)[C@H](OC)[C@@H]1P(=O)(O)OC[C@H]1O[C@@H](n2cnc3c(=O)[nH]c(N)nc32)[C@H](O)[C@@H]1O. The molecule has 6 aromatic rings. The second-order valence-electron chi connectivity index (χ2n) is 17.2. The number of nitrogens with one attached hydrogen (secondary N) is 3. The van der Waals surface area contributed by atoms with Crippen LogP contribution < -0.4 is 37.7 Å². The first-order chi connectivity index (χ1) is 35.7. The van der Waals surface area contributed by atoms with Crippen LogP contribution in [0, 0.1) is 5.92 Å². The third-order valence-corrected chi connectivity index (χ3v) is 18.9. The summed E-state index contributed by atoms with van der Waals surface area (Å²) in [6.07, 6.45) is -11.0. The van der Waals surface area contributed by atoms with E-state index in [4.69, 9.17) is 54.5 Å². The largest absolute Gasteiger partial charge is 0.480 e. The van der Waals surface area contributed by atoms with Gasteiger partial charge >= 0.3 is 36.6 Å². The highest BCUT2D eigenvalue weighted by atomic mass is 31.3. The first-order valence-corrected chi connectivity index (χ1v) is 28.2. The number of aryl methyl sites for hydroxylation is 1. The molecular weight excluding hydrogens is 1110 g/mol. The van der Waals surface area contributed by atoms with Gasteiger partial charge in [0.1, 0.15) is 54.1 Å². The van der Waals surface area contributed by atoms with Crippen molar-refractivity contribution in [2.45, 2.75) is 67.1 Å². The molecule has 0 saturated carbocycles. The Morgan fingerprint density at radius 3 is 2.09 bits per heavy atom. The molecule has 3 aliphatic rings. The summed E-state index contributed by atoms with van der Waals surface area (Å²) >= 11 is 0. The number of phosphoric ester groups is 1. The molecule has 16 N–H and O–H groups in total. The van der Waals surface area contributed by atoms with E-state index < -0.39 is 135 Å². The summed E-state index contributed by atoms with van der Waals surface area (Å²) in [6.45, 7) is -3.35. The van der Waals surface area contributed by atoms with Crippen molar-refractivity contribution in [1.82, 2.24) is 58.4 Å². The van der Waals surface area contributed by atoms with Gasteiger partial charge in [0, 0.05) is 20.1 Å². The highest BCUT2D eigenvalue weighted by Crippen LogP contribution is 2.63. The second kappa shape index (κ2) is 20.9. The minimum atomic E-state index is -5.94. The van der Waals surface area contributed by atoms with E-state index in [-0.39, 0.29) is 57.8 Å². The third-order valence-electron chi connectivity index (χ3n) is 12.3. The zero-order valence-electron chi connectivity index (χ0n) is 39.3. The lowest BCUT2D eigenvalue weighted by Crippen LogP contribution is -2.45. The summed E-state index contributed by atoms with van der Waals surface area (Å²) in [7, 11) is -18.8. The minimum absolute atomic E-state index is 0.0113. The van der Waals surface area contributed by atoms with Gasteiger partial charge in [-0.1, -0.05) is 4.98 Å². The van der Waals surface area contributed by atoms with Crippen molar-refractivity contribution in [3.8, 4) is 0 Å². The minimum Gasteiger partial charge on any atom is -0.387 e. The summed E-state index contributed by atoms with van der Waals surface area (Å²) in [5.74, 6) is -1.68. The van der Waals surface area contributed by atoms with Gasteiger partial charge in [0.15, 0.2) is 41.4 Å². The molecule has 76 heavy (non-hydrogen) atoms. The number of aromatic nitrogens is 12. The fraction of sp³-hybridized carbons (Fsp3) is 0.559. The topological polar surface area (TPSA) is 545 Å². The lowest BCUT2D eigenvalue weighted by molar-refractivity contribution is -0.745. The summed E-state index contributed by atoms with van der Waals surface area (Å²) < 4.78 is 108. The molecule has 0 bridgehead atoms. The second-order valence-corrected chi connectivity index (χ2v) is 24.2. The predicted octanol–water partition coefficient (Wildman–Crippen LogP) is -4.17. The molecule has 0 spiro atoms. The van der Waals surface area contributed by atoms with E-state index in [0.717, 1.165) is 30.7 Å². The summed E-state index contributed by atoms with van der Waals surface area (Å²) in [5, 5.41) is 33.3. The van der Waals surface area contributed by atoms with Crippen molar-refractivity contribution in [3.05, 3.63) is 46.0 Å². The Balaban J connectivity index is 0.888. The molecule has 3 saturated heterocycles. The number of rotatable bonds is 20. The maximum absolute atomic E-state index is 14.4. The zero-order chi connectivity index (χ0) is 55.0. The molecule has 5 unspecified atom stereocenters. The van der Waals surface area contributed by atoms with E-state index in [1.54, 1.807) is 0 Å². The Kier molecular flexibility index (Phi) is 15.3. The van der Waals surface area contributed by atoms with Crippen LogP contribution in [0.25, 0.3) is 33.5 Å². The highest BCUT2D eigenvalue weighted by Gasteiger charge is 2.58. The number of nitrogens with zero attached hydrogens (tertiary/aromatic N) is 10. The number of nitrogen functional groups attached to an aromatic ring is 3. The Labute approximate surface area is 422 Å². The number of H-pyrrole nitrogens is 2. The van der Waals surface area contributed by atoms with Crippen LogP contribution in [-0.4, -0.2) is 178 Å². The predicted molar refractivity (Wildman–Crippen MR) is 249 cm³/mol. The van der Waals surface area contributed by atoms with Crippen LogP contribution in [0.2, 0.25) is 0 Å². The van der Waals surface area contributed by atoms with E-state index in [2.05, 4.69) is 44.2 Å². The molecule has 38 nitrogen and oxygen atoms in total. The van der Waals surface area contributed by atoms with Crippen molar-refractivity contribution >= 4 is 82.1 Å². The number of nitrogens with two attached hydrogens (primary N) is 3. The van der Waals surface area contributed by atoms with Gasteiger partial charge in [0.25, 0.3) is 17.1 Å². The number of fused-ring (bicyclic) bond motifs is 3. The Hall–Kier alpha value is -5.11. The van der Waals surface area contributed by atoms with Crippen molar-refractivity contribution in [2.24, 2.45) is 13.0 Å². The van der Waals surface area contributed by atoms with Gasteiger partial charge in [-0.15, -0.1) is 4.86 Å². The van der Waals surface area contributed by atoms with Crippen molar-refractivity contribution < 1.29 is 99.3 Å². The van der Waals surface area contributed by atoms with Crippen LogP contribution in [-0.2, 0) is 66.9 Å². The Bertz CT molecular complexity index is 3490. The standard InChI is InChI=1S/C34H48N16O22P4/c1-47-11-50(27-18(47)29(55)45-34(37)43-27)30-19(51)12(4-64-2)13(69-30)5-68-76(62,63)72-75(60,61)46-74(58,59)67-7-15-23(22(65-3)32(71-15)48-9-40-16-24(35)38-8-39-25(16)48)73(56,57)66-6-14-20(52)21(53)31(70-14)49-10-41-17-26(49)42-33(36)44-28(17)54/h8-15,19-23,30-32,51-53H,4-7H2,1-3H3,(H12-,35,36,37,38,39,42,43,44,45,46,54,55,56,57,58,59,60,61,62,63)/p+1/t12-,13-,14-,15?,19-,20-,21-,22-,23-,30-,31-,32-/m1/s1. The van der Waals surface area contributed by atoms with E-state index >= 15 is 0 Å². The number of aliphatic hydroxyl groups excluding tert-OH is 3. The lowest BCUT2D eigenvalue weighted by Gasteiger charge is -2.28. The van der Waals surface area contributed by atoms with Gasteiger partial charge in [-0.2, -0.15) is 9.29 Å². The van der Waals surface area contributed by atoms with Crippen molar-refractivity contribution in [1.29, 1.82) is 0 Å². The quantitative estimate of drug-likeness (QED) is 0.0255. The normalized spacial score (nSPS) is 30.2. The van der Waals surface area contributed by atoms with Gasteiger partial charge in [-0.05, 0) is 0 Å². The van der Waals surface area contributed by atoms with Gasteiger partial charge in [0.2, 0.25) is 17.7 Å². The molecular formula is C34H49N16O22P4+. The molecule has 0 aromatic carbocycles. The number of phosphoric acid groups is 1. The number of hydrogen-bond acceptors (Lipinski definition) is 27. The molecule has 3 aliphatic heterocycles. The van der Waals surface area contributed by atoms with Crippen molar-refractivity contribution in [2.75, 3.05) is 57.8 Å². The van der Waals surface area contributed by atoms with Gasteiger partial charge in [-0.25, -0.2) is 38.2 Å². The molecule has 0 aliphatic carbocycles. The van der Waals surface area contributed by atoms with E-state index in [9.17, 15) is 62.7 Å². The monoisotopic (exact) mass is 1160 g/mol. The summed E-state index contributed by atoms with van der Waals surface area (Å²) in [6, 6.07) is 0. The molecule has 9 heterocycles. The zero-order valence-corrected chi connectivity index (χ0v) is 42.9. The van der Waals surface area contributed by atoms with Gasteiger partial charge in [0.05, 0.1) is 52.2 Å². The first-order valence-electron chi connectivity index (χ1n) is 21.9.